The van der Waals surface area contributed by atoms with Gasteiger partial charge in [0.05, 0.1) is 11.2 Å². The second-order valence-corrected chi connectivity index (χ2v) is 17.1. The fourth-order valence-electron chi connectivity index (χ4n) is 10.2. The number of nitrogens with zero attached hydrogens (tertiary/aromatic N) is 1. The number of pyridine rings is 1. The maximum absolute atomic E-state index is 5.19. The van der Waals surface area contributed by atoms with Crippen molar-refractivity contribution in [1.29, 1.82) is 0 Å². The van der Waals surface area contributed by atoms with Crippen molar-refractivity contribution in [2.75, 3.05) is 0 Å². The standard InChI is InChI=1S/C64H43N/c1-41(57-37-46-20-6-8-23-49(46)52-26-12-14-28-54(52)57)36-61(62-38-47-21-7-9-24-50(47)53-27-13-15-29-55(53)62)58-39-59(51-25-11-10-22-48(51)42(58)2)44-32-34-45(35-33-44)64-40-60(43-18-4-3-5-19-43)56-30-16-17-31-63(56)65-64/h3-40H,1H2,2H3/b61-36+. The largest absolute Gasteiger partial charge is 0.248 e. The molecule has 1 heterocycles. The van der Waals surface area contributed by atoms with Gasteiger partial charge in [-0.15, -0.1) is 0 Å². The van der Waals surface area contributed by atoms with E-state index in [0.29, 0.717) is 0 Å². The molecule has 0 aliphatic carbocycles. The lowest BCUT2D eigenvalue weighted by atomic mass is 9.83. The molecule has 11 aromatic carbocycles. The van der Waals surface area contributed by atoms with E-state index >= 15 is 0 Å². The Bertz CT molecular complexity index is 3890. The molecule has 0 atom stereocenters. The summed E-state index contributed by atoms with van der Waals surface area (Å²) in [6, 6.07) is 81.3. The smallest absolute Gasteiger partial charge is 0.0715 e. The van der Waals surface area contributed by atoms with Crippen LogP contribution in [0.5, 0.6) is 0 Å². The van der Waals surface area contributed by atoms with Gasteiger partial charge in [0, 0.05) is 10.9 Å². The molecule has 12 rings (SSSR count). The minimum Gasteiger partial charge on any atom is -0.248 e. The van der Waals surface area contributed by atoms with E-state index in [4.69, 9.17) is 11.6 Å². The van der Waals surface area contributed by atoms with Crippen molar-refractivity contribution in [3.05, 3.63) is 259 Å². The molecule has 0 bridgehead atoms. The lowest BCUT2D eigenvalue weighted by Crippen LogP contribution is -1.98. The molecule has 12 aromatic rings. The van der Waals surface area contributed by atoms with Crippen LogP contribution in [0.4, 0.5) is 0 Å². The van der Waals surface area contributed by atoms with E-state index < -0.39 is 0 Å². The van der Waals surface area contributed by atoms with Crippen molar-refractivity contribution in [1.82, 2.24) is 4.98 Å². The monoisotopic (exact) mass is 825 g/mol. The molecule has 0 unspecified atom stereocenters. The normalized spacial score (nSPS) is 11.9. The van der Waals surface area contributed by atoms with Gasteiger partial charge in [0.15, 0.2) is 0 Å². The summed E-state index contributed by atoms with van der Waals surface area (Å²) in [4.78, 5) is 5.19. The van der Waals surface area contributed by atoms with Gasteiger partial charge in [0.1, 0.15) is 0 Å². The van der Waals surface area contributed by atoms with Crippen LogP contribution in [-0.4, -0.2) is 4.98 Å². The summed E-state index contributed by atoms with van der Waals surface area (Å²) in [7, 11) is 0. The molecular formula is C64H43N. The van der Waals surface area contributed by atoms with E-state index in [1.54, 1.807) is 0 Å². The molecule has 0 amide bonds. The molecule has 0 aliphatic rings. The quantitative estimate of drug-likeness (QED) is 0.115. The average Bonchev–Trinajstić information content (AvgIpc) is 3.38. The molecule has 0 saturated carbocycles. The average molecular weight is 826 g/mol. The molecular weight excluding hydrogens is 783 g/mol. The molecule has 0 fully saturated rings. The zero-order valence-electron chi connectivity index (χ0n) is 36.1. The Labute approximate surface area is 378 Å². The molecule has 0 N–H and O–H groups in total. The first-order valence-electron chi connectivity index (χ1n) is 22.4. The lowest BCUT2D eigenvalue weighted by molar-refractivity contribution is 1.40. The third-order valence-electron chi connectivity index (χ3n) is 13.4. The topological polar surface area (TPSA) is 12.9 Å². The number of hydrogen-bond acceptors (Lipinski definition) is 1. The van der Waals surface area contributed by atoms with Crippen molar-refractivity contribution in [3.8, 4) is 33.5 Å². The van der Waals surface area contributed by atoms with E-state index in [-0.39, 0.29) is 0 Å². The van der Waals surface area contributed by atoms with Crippen molar-refractivity contribution in [2.24, 2.45) is 0 Å². The molecule has 1 nitrogen and oxygen atoms in total. The van der Waals surface area contributed by atoms with Gasteiger partial charge in [0.2, 0.25) is 0 Å². The first-order chi connectivity index (χ1) is 32.1. The summed E-state index contributed by atoms with van der Waals surface area (Å²) < 4.78 is 0. The van der Waals surface area contributed by atoms with Gasteiger partial charge in [-0.05, 0) is 153 Å². The van der Waals surface area contributed by atoms with Crippen LogP contribution in [0.2, 0.25) is 0 Å². The zero-order chi connectivity index (χ0) is 43.4. The second-order valence-electron chi connectivity index (χ2n) is 17.1. The number of benzene rings is 11. The van der Waals surface area contributed by atoms with Gasteiger partial charge in [-0.3, -0.25) is 0 Å². The molecule has 0 radical (unpaired) electrons. The maximum Gasteiger partial charge on any atom is 0.0715 e. The Hall–Kier alpha value is -8.39. The van der Waals surface area contributed by atoms with Gasteiger partial charge in [-0.2, -0.15) is 0 Å². The maximum atomic E-state index is 5.19. The Morgan fingerprint density at radius 2 is 0.831 bits per heavy atom. The summed E-state index contributed by atoms with van der Waals surface area (Å²) in [6.07, 6.45) is 2.35. The van der Waals surface area contributed by atoms with Gasteiger partial charge in [-0.25, -0.2) is 4.98 Å². The molecule has 0 aliphatic heterocycles. The number of hydrogen-bond donors (Lipinski definition) is 0. The van der Waals surface area contributed by atoms with Crippen LogP contribution in [0.15, 0.2) is 237 Å². The van der Waals surface area contributed by atoms with Crippen molar-refractivity contribution < 1.29 is 0 Å². The van der Waals surface area contributed by atoms with Gasteiger partial charge in [-0.1, -0.05) is 201 Å². The molecule has 65 heavy (non-hydrogen) atoms. The number of para-hydroxylation sites is 1. The van der Waals surface area contributed by atoms with Crippen LogP contribution in [0.1, 0.15) is 22.3 Å². The Morgan fingerprint density at radius 3 is 1.49 bits per heavy atom. The first-order valence-corrected chi connectivity index (χ1v) is 22.4. The number of allylic oxidation sites excluding steroid dienone is 2. The predicted octanol–water partition coefficient (Wildman–Crippen LogP) is 17.5. The van der Waals surface area contributed by atoms with E-state index in [9.17, 15) is 0 Å². The zero-order valence-corrected chi connectivity index (χ0v) is 36.1. The summed E-state index contributed by atoms with van der Waals surface area (Å²) in [5.41, 5.74) is 14.6. The highest BCUT2D eigenvalue weighted by atomic mass is 14.7. The van der Waals surface area contributed by atoms with Crippen molar-refractivity contribution in [2.45, 2.75) is 6.92 Å². The molecule has 0 saturated heterocycles. The fourth-order valence-corrected chi connectivity index (χ4v) is 10.2. The number of aromatic nitrogens is 1. The highest BCUT2D eigenvalue weighted by molar-refractivity contribution is 6.17. The molecule has 1 heteroatoms. The molecule has 304 valence electrons. The third-order valence-corrected chi connectivity index (χ3v) is 13.4. The second kappa shape index (κ2) is 15.8. The SMILES string of the molecule is C=C(/C=C(\c1cc(-c2ccc(-c3cc(-c4ccccc4)c4ccccc4n3)cc2)c2ccccc2c1C)c1cc2ccccc2c2ccccc12)c1cc2ccccc2c2ccccc12. The van der Waals surface area contributed by atoms with Crippen LogP contribution >= 0.6 is 0 Å². The first kappa shape index (κ1) is 38.3. The van der Waals surface area contributed by atoms with Crippen molar-refractivity contribution >= 4 is 75.9 Å². The highest BCUT2D eigenvalue weighted by Crippen LogP contribution is 2.43. The van der Waals surface area contributed by atoms with Crippen LogP contribution < -0.4 is 0 Å². The van der Waals surface area contributed by atoms with Gasteiger partial charge < -0.3 is 0 Å². The summed E-state index contributed by atoms with van der Waals surface area (Å²) in [6.45, 7) is 7.17. The molecule has 1 aromatic heterocycles. The van der Waals surface area contributed by atoms with E-state index in [0.717, 1.165) is 44.4 Å². The van der Waals surface area contributed by atoms with Crippen LogP contribution in [0, 0.1) is 6.92 Å². The highest BCUT2D eigenvalue weighted by Gasteiger charge is 2.20. The number of aryl methyl sites for hydroxylation is 1. The Kier molecular flexibility index (Phi) is 9.28. The fraction of sp³-hybridized carbons (Fsp3) is 0.0156. The van der Waals surface area contributed by atoms with Crippen LogP contribution in [-0.2, 0) is 0 Å². The summed E-state index contributed by atoms with van der Waals surface area (Å²) >= 11 is 0. The predicted molar refractivity (Wildman–Crippen MR) is 279 cm³/mol. The van der Waals surface area contributed by atoms with E-state index in [1.165, 1.54) is 87.2 Å². The van der Waals surface area contributed by atoms with Crippen LogP contribution in [0.25, 0.3) is 109 Å². The van der Waals surface area contributed by atoms with Crippen molar-refractivity contribution in [3.63, 3.8) is 0 Å². The van der Waals surface area contributed by atoms with E-state index in [1.807, 2.05) is 0 Å². The number of rotatable bonds is 7. The minimum absolute atomic E-state index is 0.955. The van der Waals surface area contributed by atoms with Crippen LogP contribution in [0.3, 0.4) is 0 Å². The van der Waals surface area contributed by atoms with Gasteiger partial charge in [0.25, 0.3) is 0 Å². The Morgan fingerprint density at radius 1 is 0.369 bits per heavy atom. The Balaban J connectivity index is 1.07. The summed E-state index contributed by atoms with van der Waals surface area (Å²) in [5, 5.41) is 13.4. The van der Waals surface area contributed by atoms with Gasteiger partial charge >= 0.3 is 0 Å². The third kappa shape index (κ3) is 6.60. The lowest BCUT2D eigenvalue weighted by Gasteiger charge is -2.21. The number of fused-ring (bicyclic) bond motifs is 8. The summed E-state index contributed by atoms with van der Waals surface area (Å²) in [5.74, 6) is 0. The van der Waals surface area contributed by atoms with E-state index in [2.05, 4.69) is 237 Å². The molecule has 0 spiro atoms. The minimum atomic E-state index is 0.955.